The fraction of sp³-hybridized carbons (Fsp3) is 0.412. The summed E-state index contributed by atoms with van der Waals surface area (Å²) in [5, 5.41) is 6.62. The van der Waals surface area contributed by atoms with Crippen molar-refractivity contribution in [3.63, 3.8) is 0 Å². The van der Waals surface area contributed by atoms with E-state index in [1.54, 1.807) is 6.33 Å². The van der Waals surface area contributed by atoms with Crippen LogP contribution in [-0.4, -0.2) is 29.2 Å². The molecule has 1 aromatic carbocycles. The number of anilines is 3. The highest BCUT2D eigenvalue weighted by Gasteiger charge is 2.15. The van der Waals surface area contributed by atoms with E-state index in [0.29, 0.717) is 6.10 Å². The molecule has 1 atom stereocenters. The molecule has 5 heteroatoms. The van der Waals surface area contributed by atoms with Crippen LogP contribution in [-0.2, 0) is 11.2 Å². The van der Waals surface area contributed by atoms with Gasteiger partial charge in [0.15, 0.2) is 0 Å². The van der Waals surface area contributed by atoms with E-state index in [0.717, 1.165) is 49.7 Å². The summed E-state index contributed by atoms with van der Waals surface area (Å²) < 4.78 is 5.60. The number of aryl methyl sites for hydroxylation is 1. The lowest BCUT2D eigenvalue weighted by atomic mass is 10.1. The van der Waals surface area contributed by atoms with E-state index in [-0.39, 0.29) is 0 Å². The van der Waals surface area contributed by atoms with Crippen molar-refractivity contribution in [2.45, 2.75) is 32.3 Å². The van der Waals surface area contributed by atoms with E-state index in [2.05, 4.69) is 51.8 Å². The number of nitrogens with one attached hydrogen (secondary N) is 2. The van der Waals surface area contributed by atoms with Gasteiger partial charge in [0.2, 0.25) is 0 Å². The average Bonchev–Trinajstić information content (AvgIpc) is 3.08. The van der Waals surface area contributed by atoms with Gasteiger partial charge in [-0.2, -0.15) is 0 Å². The maximum Gasteiger partial charge on any atom is 0.135 e. The van der Waals surface area contributed by atoms with Gasteiger partial charge in [-0.1, -0.05) is 19.1 Å². The van der Waals surface area contributed by atoms with Crippen molar-refractivity contribution in [2.24, 2.45) is 0 Å². The summed E-state index contributed by atoms with van der Waals surface area (Å²) in [7, 11) is 0. The minimum Gasteiger partial charge on any atom is -0.376 e. The molecular weight excluding hydrogens is 276 g/mol. The summed E-state index contributed by atoms with van der Waals surface area (Å²) in [6, 6.07) is 10.3. The van der Waals surface area contributed by atoms with Crippen LogP contribution in [0.1, 0.15) is 25.3 Å². The first kappa shape index (κ1) is 14.8. The van der Waals surface area contributed by atoms with Crippen LogP contribution in [0.3, 0.4) is 0 Å². The summed E-state index contributed by atoms with van der Waals surface area (Å²) in [5.74, 6) is 1.60. The third-order valence-electron chi connectivity index (χ3n) is 3.84. The Hall–Kier alpha value is -2.14. The molecule has 2 N–H and O–H groups in total. The smallest absolute Gasteiger partial charge is 0.135 e. The van der Waals surface area contributed by atoms with Gasteiger partial charge in [-0.05, 0) is 37.0 Å². The minimum absolute atomic E-state index is 0.299. The van der Waals surface area contributed by atoms with Crippen LogP contribution in [0.25, 0.3) is 0 Å². The second kappa shape index (κ2) is 7.22. The van der Waals surface area contributed by atoms with Crippen LogP contribution in [0, 0.1) is 0 Å². The molecule has 0 spiro atoms. The lowest BCUT2D eigenvalue weighted by molar-refractivity contribution is 0.120. The minimum atomic E-state index is 0.299. The monoisotopic (exact) mass is 298 g/mol. The molecular formula is C17H22N4O. The zero-order valence-corrected chi connectivity index (χ0v) is 12.9. The van der Waals surface area contributed by atoms with Crippen LogP contribution in [0.4, 0.5) is 17.3 Å². The third kappa shape index (κ3) is 3.95. The summed E-state index contributed by atoms with van der Waals surface area (Å²) in [6.07, 6.45) is 5.18. The SMILES string of the molecule is CCc1ccc(Nc2cc(NCC3CCCO3)ncn2)cc1. The maximum absolute atomic E-state index is 5.60. The highest BCUT2D eigenvalue weighted by atomic mass is 16.5. The quantitative estimate of drug-likeness (QED) is 0.856. The van der Waals surface area contributed by atoms with Crippen molar-refractivity contribution in [3.05, 3.63) is 42.2 Å². The van der Waals surface area contributed by atoms with Crippen molar-refractivity contribution in [1.29, 1.82) is 0 Å². The lowest BCUT2D eigenvalue weighted by Crippen LogP contribution is -2.19. The Balaban J connectivity index is 1.59. The van der Waals surface area contributed by atoms with Gasteiger partial charge in [0, 0.05) is 24.9 Å². The molecule has 5 nitrogen and oxygen atoms in total. The molecule has 0 amide bonds. The zero-order valence-electron chi connectivity index (χ0n) is 12.9. The van der Waals surface area contributed by atoms with E-state index >= 15 is 0 Å². The molecule has 2 aromatic rings. The summed E-state index contributed by atoms with van der Waals surface area (Å²) in [5.41, 5.74) is 2.35. The summed E-state index contributed by atoms with van der Waals surface area (Å²) in [4.78, 5) is 8.52. The summed E-state index contributed by atoms with van der Waals surface area (Å²) in [6.45, 7) is 3.82. The molecule has 1 fully saturated rings. The van der Waals surface area contributed by atoms with Crippen LogP contribution >= 0.6 is 0 Å². The van der Waals surface area contributed by atoms with Crippen molar-refractivity contribution in [2.75, 3.05) is 23.8 Å². The van der Waals surface area contributed by atoms with E-state index < -0.39 is 0 Å². The number of hydrogen-bond acceptors (Lipinski definition) is 5. The van der Waals surface area contributed by atoms with Crippen LogP contribution in [0.5, 0.6) is 0 Å². The fourth-order valence-electron chi connectivity index (χ4n) is 2.52. The molecule has 1 unspecified atom stereocenters. The van der Waals surface area contributed by atoms with Crippen molar-refractivity contribution in [3.8, 4) is 0 Å². The Labute approximate surface area is 131 Å². The Morgan fingerprint density at radius 1 is 1.18 bits per heavy atom. The van der Waals surface area contributed by atoms with Gasteiger partial charge in [-0.15, -0.1) is 0 Å². The molecule has 0 saturated carbocycles. The normalized spacial score (nSPS) is 17.4. The predicted molar refractivity (Wildman–Crippen MR) is 88.6 cm³/mol. The number of rotatable bonds is 6. The van der Waals surface area contributed by atoms with E-state index in [1.807, 2.05) is 6.07 Å². The number of ether oxygens (including phenoxy) is 1. The highest BCUT2D eigenvalue weighted by molar-refractivity contribution is 5.59. The number of benzene rings is 1. The lowest BCUT2D eigenvalue weighted by Gasteiger charge is -2.12. The molecule has 0 bridgehead atoms. The Kier molecular flexibility index (Phi) is 4.85. The van der Waals surface area contributed by atoms with Crippen molar-refractivity contribution >= 4 is 17.3 Å². The molecule has 1 aliphatic rings. The number of hydrogen-bond donors (Lipinski definition) is 2. The first-order chi connectivity index (χ1) is 10.8. The molecule has 1 aliphatic heterocycles. The van der Waals surface area contributed by atoms with Gasteiger partial charge < -0.3 is 15.4 Å². The van der Waals surface area contributed by atoms with E-state index in [1.165, 1.54) is 5.56 Å². The summed E-state index contributed by atoms with van der Waals surface area (Å²) >= 11 is 0. The average molecular weight is 298 g/mol. The second-order valence-corrected chi connectivity index (χ2v) is 5.48. The van der Waals surface area contributed by atoms with Crippen molar-refractivity contribution < 1.29 is 4.74 Å². The van der Waals surface area contributed by atoms with Crippen molar-refractivity contribution in [1.82, 2.24) is 9.97 Å². The first-order valence-corrected chi connectivity index (χ1v) is 7.87. The van der Waals surface area contributed by atoms with E-state index in [9.17, 15) is 0 Å². The number of nitrogens with zero attached hydrogens (tertiary/aromatic N) is 2. The van der Waals surface area contributed by atoms with Gasteiger partial charge in [0.25, 0.3) is 0 Å². The highest BCUT2D eigenvalue weighted by Crippen LogP contribution is 2.18. The molecule has 3 rings (SSSR count). The van der Waals surface area contributed by atoms with Gasteiger partial charge in [0.1, 0.15) is 18.0 Å². The second-order valence-electron chi connectivity index (χ2n) is 5.48. The molecule has 22 heavy (non-hydrogen) atoms. The third-order valence-corrected chi connectivity index (χ3v) is 3.84. The molecule has 0 radical (unpaired) electrons. The Morgan fingerprint density at radius 2 is 2.00 bits per heavy atom. The molecule has 2 heterocycles. The fourth-order valence-corrected chi connectivity index (χ4v) is 2.52. The van der Waals surface area contributed by atoms with Gasteiger partial charge in [-0.25, -0.2) is 9.97 Å². The van der Waals surface area contributed by atoms with Crippen LogP contribution < -0.4 is 10.6 Å². The largest absolute Gasteiger partial charge is 0.376 e. The Bertz CT molecular complexity index is 594. The molecule has 0 aliphatic carbocycles. The molecule has 1 saturated heterocycles. The van der Waals surface area contributed by atoms with Gasteiger partial charge in [0.05, 0.1) is 6.10 Å². The maximum atomic E-state index is 5.60. The standard InChI is InChI=1S/C17H22N4O/c1-2-13-5-7-14(8-6-13)21-17-10-16(19-12-20-17)18-11-15-4-3-9-22-15/h5-8,10,12,15H,2-4,9,11H2,1H3,(H2,18,19,20,21). The first-order valence-electron chi connectivity index (χ1n) is 7.87. The predicted octanol–water partition coefficient (Wildman–Crippen LogP) is 3.37. The van der Waals surface area contributed by atoms with Gasteiger partial charge in [-0.3, -0.25) is 0 Å². The molecule has 116 valence electrons. The van der Waals surface area contributed by atoms with Crippen LogP contribution in [0.15, 0.2) is 36.7 Å². The van der Waals surface area contributed by atoms with E-state index in [4.69, 9.17) is 4.74 Å². The zero-order chi connectivity index (χ0) is 15.2. The number of aromatic nitrogens is 2. The molecule has 1 aromatic heterocycles. The van der Waals surface area contributed by atoms with Crippen LogP contribution in [0.2, 0.25) is 0 Å². The van der Waals surface area contributed by atoms with Gasteiger partial charge >= 0.3 is 0 Å². The topological polar surface area (TPSA) is 59.1 Å². The Morgan fingerprint density at radius 3 is 2.73 bits per heavy atom.